The van der Waals surface area contributed by atoms with Crippen LogP contribution in [0.3, 0.4) is 0 Å². The first-order valence-electron chi connectivity index (χ1n) is 3.38. The van der Waals surface area contributed by atoms with Crippen LogP contribution in [0.2, 0.25) is 4.47 Å². The molecule has 0 aromatic carbocycles. The summed E-state index contributed by atoms with van der Waals surface area (Å²) >= 11 is 7.05. The molecule has 0 aliphatic carbocycles. The zero-order valence-corrected chi connectivity index (χ0v) is 8.11. The third-order valence-electron chi connectivity index (χ3n) is 1.39. The zero-order valence-electron chi connectivity index (χ0n) is 6.54. The van der Waals surface area contributed by atoms with Crippen LogP contribution < -0.4 is 0 Å². The monoisotopic (exact) mass is 191 g/mol. The molecule has 1 aromatic heterocycles. The lowest BCUT2D eigenvalue weighted by atomic mass is 10.5. The van der Waals surface area contributed by atoms with Crippen molar-refractivity contribution in [3.8, 4) is 0 Å². The van der Waals surface area contributed by atoms with E-state index in [-0.39, 0.29) is 0 Å². The van der Waals surface area contributed by atoms with Gasteiger partial charge in [0.25, 0.3) is 0 Å². The van der Waals surface area contributed by atoms with Crippen LogP contribution in [0, 0.1) is 0 Å². The van der Waals surface area contributed by atoms with Crippen molar-refractivity contribution in [1.82, 2.24) is 15.1 Å². The number of halogens is 1. The summed E-state index contributed by atoms with van der Waals surface area (Å²) < 4.78 is 0.518. The van der Waals surface area contributed by atoms with E-state index in [1.165, 1.54) is 11.3 Å². The Morgan fingerprint density at radius 1 is 1.55 bits per heavy atom. The Hall–Kier alpha value is -0.190. The van der Waals surface area contributed by atoms with Gasteiger partial charge in [0, 0.05) is 0 Å². The van der Waals surface area contributed by atoms with Crippen molar-refractivity contribution in [3.63, 3.8) is 0 Å². The molecule has 0 fully saturated rings. The molecule has 0 radical (unpaired) electrons. The number of aromatic nitrogens is 2. The average Bonchev–Trinajstić information content (AvgIpc) is 2.35. The summed E-state index contributed by atoms with van der Waals surface area (Å²) in [7, 11) is 2.04. The highest BCUT2D eigenvalue weighted by atomic mass is 35.5. The van der Waals surface area contributed by atoms with E-state index in [4.69, 9.17) is 11.6 Å². The van der Waals surface area contributed by atoms with Crippen LogP contribution in [0.15, 0.2) is 0 Å². The lowest BCUT2D eigenvalue weighted by Crippen LogP contribution is -2.16. The molecule has 0 bridgehead atoms. The van der Waals surface area contributed by atoms with Crippen LogP contribution in [0.25, 0.3) is 0 Å². The van der Waals surface area contributed by atoms with Crippen LogP contribution in [-0.4, -0.2) is 28.7 Å². The topological polar surface area (TPSA) is 29.0 Å². The summed E-state index contributed by atoms with van der Waals surface area (Å²) in [5, 5.41) is 8.58. The molecular weight excluding hydrogens is 182 g/mol. The summed E-state index contributed by atoms with van der Waals surface area (Å²) in [4.78, 5) is 2.15. The van der Waals surface area contributed by atoms with Gasteiger partial charge in [0.2, 0.25) is 4.47 Å². The van der Waals surface area contributed by atoms with Gasteiger partial charge in [-0.1, -0.05) is 18.3 Å². The predicted molar refractivity (Wildman–Crippen MR) is 46.9 cm³/mol. The van der Waals surface area contributed by atoms with Crippen molar-refractivity contribution in [3.05, 3.63) is 9.47 Å². The summed E-state index contributed by atoms with van der Waals surface area (Å²) in [6.45, 7) is 3.95. The van der Waals surface area contributed by atoms with E-state index in [1.54, 1.807) is 0 Å². The third-order valence-corrected chi connectivity index (χ3v) is 2.39. The first-order chi connectivity index (χ1) is 5.22. The van der Waals surface area contributed by atoms with Gasteiger partial charge < -0.3 is 0 Å². The highest BCUT2D eigenvalue weighted by molar-refractivity contribution is 7.15. The van der Waals surface area contributed by atoms with Crippen LogP contribution in [0.5, 0.6) is 0 Å². The Kier molecular flexibility index (Phi) is 3.23. The molecule has 0 N–H and O–H groups in total. The average molecular weight is 192 g/mol. The van der Waals surface area contributed by atoms with Gasteiger partial charge in [-0.25, -0.2) is 0 Å². The smallest absolute Gasteiger partial charge is 0.207 e. The second-order valence-corrected chi connectivity index (χ2v) is 3.92. The van der Waals surface area contributed by atoms with Crippen LogP contribution >= 0.6 is 22.9 Å². The van der Waals surface area contributed by atoms with E-state index in [2.05, 4.69) is 22.0 Å². The molecule has 0 atom stereocenters. The standard InChI is InChI=1S/C6H10ClN3S/c1-3-10(2)4-5-8-9-6(7)11-5/h3-4H2,1-2H3. The normalized spacial score (nSPS) is 10.9. The summed E-state index contributed by atoms with van der Waals surface area (Å²) in [5.41, 5.74) is 0. The van der Waals surface area contributed by atoms with Gasteiger partial charge in [-0.05, 0) is 25.2 Å². The molecule has 0 unspecified atom stereocenters. The molecule has 0 spiro atoms. The second kappa shape index (κ2) is 3.99. The van der Waals surface area contributed by atoms with Gasteiger partial charge in [0.15, 0.2) is 0 Å². The maximum atomic E-state index is 5.61. The number of hydrogen-bond acceptors (Lipinski definition) is 4. The molecule has 0 aliphatic heterocycles. The molecule has 1 heterocycles. The summed E-state index contributed by atoms with van der Waals surface area (Å²) in [6, 6.07) is 0. The minimum atomic E-state index is 0.518. The van der Waals surface area contributed by atoms with E-state index < -0.39 is 0 Å². The van der Waals surface area contributed by atoms with E-state index >= 15 is 0 Å². The minimum Gasteiger partial charge on any atom is -0.300 e. The van der Waals surface area contributed by atoms with Gasteiger partial charge in [-0.3, -0.25) is 4.90 Å². The highest BCUT2D eigenvalue weighted by Crippen LogP contribution is 2.15. The largest absolute Gasteiger partial charge is 0.300 e. The molecule has 1 rings (SSSR count). The van der Waals surface area contributed by atoms with E-state index in [0.29, 0.717) is 4.47 Å². The Balaban J connectivity index is 2.50. The molecule has 11 heavy (non-hydrogen) atoms. The molecule has 62 valence electrons. The number of nitrogens with zero attached hydrogens (tertiary/aromatic N) is 3. The van der Waals surface area contributed by atoms with Crippen molar-refractivity contribution >= 4 is 22.9 Å². The number of hydrogen-bond donors (Lipinski definition) is 0. The molecule has 0 aliphatic rings. The van der Waals surface area contributed by atoms with Crippen molar-refractivity contribution < 1.29 is 0 Å². The molecule has 3 nitrogen and oxygen atoms in total. The minimum absolute atomic E-state index is 0.518. The van der Waals surface area contributed by atoms with Crippen molar-refractivity contribution in [2.24, 2.45) is 0 Å². The lowest BCUT2D eigenvalue weighted by Gasteiger charge is -2.09. The van der Waals surface area contributed by atoms with Gasteiger partial charge in [0.05, 0.1) is 6.54 Å². The highest BCUT2D eigenvalue weighted by Gasteiger charge is 2.03. The van der Waals surface area contributed by atoms with Crippen molar-refractivity contribution in [1.29, 1.82) is 0 Å². The fourth-order valence-electron chi connectivity index (χ4n) is 0.640. The van der Waals surface area contributed by atoms with Crippen molar-refractivity contribution in [2.45, 2.75) is 13.5 Å². The molecule has 5 heteroatoms. The van der Waals surface area contributed by atoms with Gasteiger partial charge in [-0.2, -0.15) is 0 Å². The van der Waals surface area contributed by atoms with Crippen LogP contribution in [-0.2, 0) is 6.54 Å². The third kappa shape index (κ3) is 2.73. The fraction of sp³-hybridized carbons (Fsp3) is 0.667. The van der Waals surface area contributed by atoms with E-state index in [9.17, 15) is 0 Å². The Morgan fingerprint density at radius 2 is 2.27 bits per heavy atom. The fourth-order valence-corrected chi connectivity index (χ4v) is 1.59. The van der Waals surface area contributed by atoms with Gasteiger partial charge >= 0.3 is 0 Å². The first kappa shape index (κ1) is 8.90. The maximum absolute atomic E-state index is 5.61. The molecule has 0 amide bonds. The lowest BCUT2D eigenvalue weighted by molar-refractivity contribution is 0.344. The molecule has 0 saturated carbocycles. The SMILES string of the molecule is CCN(C)Cc1nnc(Cl)s1. The first-order valence-corrected chi connectivity index (χ1v) is 4.58. The van der Waals surface area contributed by atoms with Crippen LogP contribution in [0.4, 0.5) is 0 Å². The predicted octanol–water partition coefficient (Wildman–Crippen LogP) is 1.64. The quantitative estimate of drug-likeness (QED) is 0.728. The van der Waals surface area contributed by atoms with E-state index in [1.807, 2.05) is 7.05 Å². The summed E-state index contributed by atoms with van der Waals surface area (Å²) in [6.07, 6.45) is 0. The Labute approximate surface area is 75.0 Å². The van der Waals surface area contributed by atoms with E-state index in [0.717, 1.165) is 18.1 Å². The maximum Gasteiger partial charge on any atom is 0.207 e. The molecule has 0 saturated heterocycles. The Morgan fingerprint density at radius 3 is 2.73 bits per heavy atom. The van der Waals surface area contributed by atoms with Crippen LogP contribution in [0.1, 0.15) is 11.9 Å². The van der Waals surface area contributed by atoms with Gasteiger partial charge in [-0.15, -0.1) is 10.2 Å². The van der Waals surface area contributed by atoms with Crippen molar-refractivity contribution in [2.75, 3.05) is 13.6 Å². The molecular formula is C6H10ClN3S. The van der Waals surface area contributed by atoms with Gasteiger partial charge in [0.1, 0.15) is 5.01 Å². The summed E-state index contributed by atoms with van der Waals surface area (Å²) in [5.74, 6) is 0. The molecule has 1 aromatic rings. The zero-order chi connectivity index (χ0) is 8.27. The number of rotatable bonds is 3. The Bertz CT molecular complexity index is 225. The second-order valence-electron chi connectivity index (χ2n) is 2.28.